The molecule has 0 spiro atoms. The van der Waals surface area contributed by atoms with E-state index in [1.165, 1.54) is 4.57 Å². The van der Waals surface area contributed by atoms with Gasteiger partial charge in [-0.25, -0.2) is 4.98 Å². The molecule has 1 fully saturated rings. The molecule has 168 valence electrons. The van der Waals surface area contributed by atoms with Gasteiger partial charge in [0.15, 0.2) is 11.2 Å². The van der Waals surface area contributed by atoms with Crippen molar-refractivity contribution in [3.05, 3.63) is 51.5 Å². The summed E-state index contributed by atoms with van der Waals surface area (Å²) >= 11 is 0. The molecular weight excluding hydrogens is 446 g/mol. The lowest BCUT2D eigenvalue weighted by Crippen LogP contribution is -2.45. The van der Waals surface area contributed by atoms with Crippen molar-refractivity contribution in [2.45, 2.75) is 36.8 Å². The highest BCUT2D eigenvalue weighted by molar-refractivity contribution is 5.78. The van der Waals surface area contributed by atoms with E-state index in [-0.39, 0.29) is 18.3 Å². The molecule has 1 atom stereocenters. The molecule has 32 heavy (non-hydrogen) atoms. The molecule has 0 aliphatic heterocycles. The zero-order valence-corrected chi connectivity index (χ0v) is 16.0. The molecule has 3 aromatic heterocycles. The second kappa shape index (κ2) is 6.76. The molecule has 3 heterocycles. The number of fused-ring (bicyclic) bond motifs is 1. The SMILES string of the molecule is Cn1nc2c(=O)n(C3CC3)cnc2c1[C@](O)(c1cnc(C(F)(F)F)c(C#N)c1)C(F)(F)F. The minimum atomic E-state index is -5.51. The van der Waals surface area contributed by atoms with E-state index in [1.54, 1.807) is 0 Å². The van der Waals surface area contributed by atoms with Crippen molar-refractivity contribution < 1.29 is 31.4 Å². The Hall–Kier alpha value is -3.47. The van der Waals surface area contributed by atoms with Crippen LogP contribution < -0.4 is 5.56 Å². The molecule has 1 aliphatic carbocycles. The smallest absolute Gasteiger partial charge is 0.371 e. The van der Waals surface area contributed by atoms with Crippen molar-refractivity contribution in [3.63, 3.8) is 0 Å². The average molecular weight is 458 g/mol. The summed E-state index contributed by atoms with van der Waals surface area (Å²) in [5.74, 6) is 0. The Morgan fingerprint density at radius 2 is 1.81 bits per heavy atom. The minimum absolute atomic E-state index is 0.149. The fraction of sp³-hybridized carbons (Fsp3) is 0.389. The van der Waals surface area contributed by atoms with E-state index in [0.717, 1.165) is 19.4 Å². The van der Waals surface area contributed by atoms with Gasteiger partial charge in [-0.3, -0.25) is 19.0 Å². The lowest BCUT2D eigenvalue weighted by atomic mass is 9.88. The van der Waals surface area contributed by atoms with Crippen molar-refractivity contribution in [1.82, 2.24) is 24.3 Å². The summed E-state index contributed by atoms with van der Waals surface area (Å²) in [5.41, 5.74) is -10.8. The molecule has 0 unspecified atom stereocenters. The van der Waals surface area contributed by atoms with Gasteiger partial charge in [0.05, 0.1) is 11.9 Å². The third kappa shape index (κ3) is 3.11. The fourth-order valence-electron chi connectivity index (χ4n) is 3.50. The lowest BCUT2D eigenvalue weighted by molar-refractivity contribution is -0.250. The number of hydrogen-bond acceptors (Lipinski definition) is 6. The van der Waals surface area contributed by atoms with Crippen molar-refractivity contribution in [2.24, 2.45) is 7.05 Å². The number of aliphatic hydroxyl groups is 1. The van der Waals surface area contributed by atoms with Crippen LogP contribution in [0.2, 0.25) is 0 Å². The number of nitrogens with zero attached hydrogens (tertiary/aromatic N) is 6. The highest BCUT2D eigenvalue weighted by Gasteiger charge is 2.60. The van der Waals surface area contributed by atoms with E-state index in [0.29, 0.717) is 17.5 Å². The van der Waals surface area contributed by atoms with Crippen LogP contribution in [0.3, 0.4) is 0 Å². The number of aryl methyl sites for hydroxylation is 1. The van der Waals surface area contributed by atoms with Crippen LogP contribution in [0, 0.1) is 11.3 Å². The topological polar surface area (TPSA) is 110 Å². The summed E-state index contributed by atoms with van der Waals surface area (Å²) in [6, 6.07) is 1.25. The predicted molar refractivity (Wildman–Crippen MR) is 94.0 cm³/mol. The van der Waals surface area contributed by atoms with Crippen LogP contribution >= 0.6 is 0 Å². The van der Waals surface area contributed by atoms with Crippen LogP contribution in [0.1, 0.15) is 41.4 Å². The summed E-state index contributed by atoms with van der Waals surface area (Å²) in [6.45, 7) is 0. The van der Waals surface area contributed by atoms with Gasteiger partial charge >= 0.3 is 12.4 Å². The number of nitriles is 1. The van der Waals surface area contributed by atoms with Gasteiger partial charge in [0.2, 0.25) is 5.60 Å². The van der Waals surface area contributed by atoms with E-state index < -0.39 is 57.1 Å². The number of rotatable bonds is 3. The zero-order valence-electron chi connectivity index (χ0n) is 16.0. The van der Waals surface area contributed by atoms with Gasteiger partial charge in [-0.1, -0.05) is 0 Å². The molecule has 0 bridgehead atoms. The van der Waals surface area contributed by atoms with E-state index >= 15 is 0 Å². The second-order valence-corrected chi connectivity index (χ2v) is 7.30. The first kappa shape index (κ1) is 21.8. The first-order valence-electron chi connectivity index (χ1n) is 9.02. The van der Waals surface area contributed by atoms with Crippen LogP contribution in [0.15, 0.2) is 23.4 Å². The van der Waals surface area contributed by atoms with E-state index in [9.17, 15) is 36.2 Å². The molecule has 0 aromatic carbocycles. The molecule has 14 heteroatoms. The predicted octanol–water partition coefficient (Wildman–Crippen LogP) is 2.55. The molecule has 0 radical (unpaired) electrons. The number of aromatic nitrogens is 5. The molecule has 1 aliphatic rings. The van der Waals surface area contributed by atoms with Crippen LogP contribution in [0.5, 0.6) is 0 Å². The van der Waals surface area contributed by atoms with Crippen LogP contribution in [-0.4, -0.2) is 35.6 Å². The number of pyridine rings is 1. The fourth-order valence-corrected chi connectivity index (χ4v) is 3.50. The Bertz CT molecular complexity index is 1330. The summed E-state index contributed by atoms with van der Waals surface area (Å²) < 4.78 is 83.6. The Morgan fingerprint density at radius 3 is 2.34 bits per heavy atom. The van der Waals surface area contributed by atoms with E-state index in [2.05, 4.69) is 15.1 Å². The third-order valence-corrected chi connectivity index (χ3v) is 5.16. The number of halogens is 6. The van der Waals surface area contributed by atoms with Crippen LogP contribution in [0.25, 0.3) is 11.0 Å². The number of alkyl halides is 6. The highest BCUT2D eigenvalue weighted by Crippen LogP contribution is 2.46. The molecule has 1 saturated carbocycles. The van der Waals surface area contributed by atoms with Crippen molar-refractivity contribution >= 4 is 11.0 Å². The van der Waals surface area contributed by atoms with E-state index in [1.807, 2.05) is 0 Å². The molecule has 4 rings (SSSR count). The molecule has 3 aromatic rings. The second-order valence-electron chi connectivity index (χ2n) is 7.30. The maximum absolute atomic E-state index is 14.2. The maximum Gasteiger partial charge on any atom is 0.434 e. The van der Waals surface area contributed by atoms with Gasteiger partial charge in [0.25, 0.3) is 5.56 Å². The summed E-state index contributed by atoms with van der Waals surface area (Å²) in [4.78, 5) is 19.5. The van der Waals surface area contributed by atoms with E-state index in [4.69, 9.17) is 5.26 Å². The summed E-state index contributed by atoms with van der Waals surface area (Å²) in [5, 5.41) is 23.7. The molecule has 8 nitrogen and oxygen atoms in total. The van der Waals surface area contributed by atoms with Crippen molar-refractivity contribution in [2.75, 3.05) is 0 Å². The Kier molecular flexibility index (Phi) is 4.60. The summed E-state index contributed by atoms with van der Waals surface area (Å²) in [6.07, 6.45) is -8.01. The third-order valence-electron chi connectivity index (χ3n) is 5.16. The Morgan fingerprint density at radius 1 is 1.16 bits per heavy atom. The van der Waals surface area contributed by atoms with Gasteiger partial charge in [-0.15, -0.1) is 0 Å². The van der Waals surface area contributed by atoms with Gasteiger partial charge in [0, 0.05) is 24.8 Å². The maximum atomic E-state index is 14.2. The highest BCUT2D eigenvalue weighted by atomic mass is 19.4. The Balaban J connectivity index is 2.01. The first-order valence-corrected chi connectivity index (χ1v) is 9.02. The monoisotopic (exact) mass is 458 g/mol. The number of hydrogen-bond donors (Lipinski definition) is 1. The molecular formula is C18H12F6N6O2. The quantitative estimate of drug-likeness (QED) is 0.605. The van der Waals surface area contributed by atoms with Crippen molar-refractivity contribution in [3.8, 4) is 6.07 Å². The van der Waals surface area contributed by atoms with Gasteiger partial charge in [0.1, 0.15) is 17.3 Å². The normalized spacial score (nSPS) is 16.7. The minimum Gasteiger partial charge on any atom is -0.371 e. The molecule has 1 N–H and O–H groups in total. The lowest BCUT2D eigenvalue weighted by Gasteiger charge is -2.31. The Labute approximate surface area is 174 Å². The molecule has 0 amide bonds. The average Bonchev–Trinajstić information content (AvgIpc) is 3.47. The first-order chi connectivity index (χ1) is 14.8. The van der Waals surface area contributed by atoms with Crippen LogP contribution in [0.4, 0.5) is 26.3 Å². The van der Waals surface area contributed by atoms with Gasteiger partial charge in [-0.05, 0) is 18.9 Å². The zero-order chi connectivity index (χ0) is 23.6. The molecule has 0 saturated heterocycles. The van der Waals surface area contributed by atoms with Crippen molar-refractivity contribution in [1.29, 1.82) is 5.26 Å². The van der Waals surface area contributed by atoms with Crippen LogP contribution in [-0.2, 0) is 18.8 Å². The largest absolute Gasteiger partial charge is 0.434 e. The van der Waals surface area contributed by atoms with Gasteiger partial charge < -0.3 is 5.11 Å². The standard InChI is InChI=1S/C18H12F6N6O2/c1-29-14(11-12(28-29)15(31)30(7-27-11)10-2-3-10)16(32,18(22,23)24)9-4-8(5-25)13(26-6-9)17(19,20)21/h4,6-7,10,32H,2-3H2,1H3/t16-/m1/s1. The summed E-state index contributed by atoms with van der Waals surface area (Å²) in [7, 11) is 1.03. The van der Waals surface area contributed by atoms with Gasteiger partial charge in [-0.2, -0.15) is 36.7 Å².